The van der Waals surface area contributed by atoms with E-state index in [1.54, 1.807) is 0 Å². The van der Waals surface area contributed by atoms with Crippen molar-refractivity contribution in [3.63, 3.8) is 0 Å². The summed E-state index contributed by atoms with van der Waals surface area (Å²) >= 11 is 0. The van der Waals surface area contributed by atoms with Gasteiger partial charge in [-0.25, -0.2) is 0 Å². The molecule has 2 nitrogen and oxygen atoms in total. The molecule has 34 heavy (non-hydrogen) atoms. The average Bonchev–Trinajstić information content (AvgIpc) is 3.16. The van der Waals surface area contributed by atoms with Crippen molar-refractivity contribution in [2.45, 2.75) is 25.9 Å². The number of fused-ring (bicyclic) bond motifs is 9. The van der Waals surface area contributed by atoms with Crippen molar-refractivity contribution in [3.05, 3.63) is 132 Å². The molecule has 0 saturated carbocycles. The van der Waals surface area contributed by atoms with Gasteiger partial charge in [-0.3, -0.25) is 0 Å². The van der Waals surface area contributed by atoms with Crippen LogP contribution in [0.1, 0.15) is 22.4 Å². The van der Waals surface area contributed by atoms with Gasteiger partial charge in [0.15, 0.2) is 11.9 Å². The first-order valence-corrected chi connectivity index (χ1v) is 12.0. The zero-order valence-corrected chi connectivity index (χ0v) is 19.5. The number of aryl methyl sites for hydroxylation is 2. The van der Waals surface area contributed by atoms with Gasteiger partial charge >= 0.3 is 5.66 Å². The molecule has 0 saturated heterocycles. The van der Waals surface area contributed by atoms with Gasteiger partial charge in [-0.1, -0.05) is 48.5 Å². The molecule has 162 valence electrons. The molecule has 2 aliphatic rings. The molecule has 0 amide bonds. The lowest BCUT2D eigenvalue weighted by molar-refractivity contribution is -0.973. The van der Waals surface area contributed by atoms with E-state index in [-0.39, 0.29) is 5.66 Å². The molecule has 0 radical (unpaired) electrons. The van der Waals surface area contributed by atoms with Gasteiger partial charge in [0.25, 0.3) is 0 Å². The Morgan fingerprint density at radius 3 is 2.35 bits per heavy atom. The lowest BCUT2D eigenvalue weighted by Gasteiger charge is -2.29. The van der Waals surface area contributed by atoms with Gasteiger partial charge in [-0.2, -0.15) is 0 Å². The highest BCUT2D eigenvalue weighted by Crippen LogP contribution is 2.43. The molecule has 2 aliphatic heterocycles. The monoisotopic (exact) mass is 438 g/mol. The van der Waals surface area contributed by atoms with Gasteiger partial charge in [0.1, 0.15) is 12.0 Å². The number of nitrogens with zero attached hydrogens (tertiary/aromatic N) is 2. The van der Waals surface area contributed by atoms with Crippen molar-refractivity contribution in [1.82, 2.24) is 0 Å². The fourth-order valence-corrected chi connectivity index (χ4v) is 6.19. The Labute approximate surface area is 200 Å². The Hall–Kier alpha value is -4.04. The smallest absolute Gasteiger partial charge is 0.129 e. The maximum atomic E-state index is 2.57. The van der Waals surface area contributed by atoms with Crippen LogP contribution in [0.3, 0.4) is 0 Å². The normalized spacial score (nSPS) is 17.1. The highest BCUT2D eigenvalue weighted by atomic mass is 15.3. The van der Waals surface area contributed by atoms with E-state index in [4.69, 9.17) is 0 Å². The summed E-state index contributed by atoms with van der Waals surface area (Å²) < 4.78 is 5.11. The van der Waals surface area contributed by atoms with Crippen LogP contribution in [0.15, 0.2) is 109 Å². The molecule has 4 heterocycles. The second-order valence-corrected chi connectivity index (χ2v) is 9.63. The van der Waals surface area contributed by atoms with Gasteiger partial charge in [0.2, 0.25) is 11.4 Å². The van der Waals surface area contributed by atoms with E-state index in [9.17, 15) is 0 Å². The Morgan fingerprint density at radius 1 is 0.647 bits per heavy atom. The first-order valence-electron chi connectivity index (χ1n) is 12.0. The number of hydrogen-bond acceptors (Lipinski definition) is 0. The third kappa shape index (κ3) is 2.51. The molecule has 7 rings (SSSR count). The minimum Gasteiger partial charge on any atom is -0.129 e. The van der Waals surface area contributed by atoms with Gasteiger partial charge in [0.05, 0.1) is 11.1 Å². The number of aromatic nitrogens is 2. The summed E-state index contributed by atoms with van der Waals surface area (Å²) in [6.45, 7) is 4.43. The van der Waals surface area contributed by atoms with E-state index in [0.717, 1.165) is 6.42 Å². The predicted octanol–water partition coefficient (Wildman–Crippen LogP) is 6.00. The topological polar surface area (TPSA) is 7.76 Å². The minimum atomic E-state index is -0.332. The second-order valence-electron chi connectivity index (χ2n) is 9.63. The van der Waals surface area contributed by atoms with Crippen molar-refractivity contribution >= 4 is 0 Å². The molecule has 0 fully saturated rings. The third-order valence-corrected chi connectivity index (χ3v) is 7.61. The predicted molar refractivity (Wildman–Crippen MR) is 135 cm³/mol. The molecule has 5 aromatic rings. The molecular weight excluding hydrogens is 412 g/mol. The fourth-order valence-electron chi connectivity index (χ4n) is 6.19. The van der Waals surface area contributed by atoms with Crippen molar-refractivity contribution in [1.29, 1.82) is 0 Å². The minimum absolute atomic E-state index is 0.332. The molecule has 1 spiro atoms. The zero-order chi connectivity index (χ0) is 22.9. The van der Waals surface area contributed by atoms with Crippen molar-refractivity contribution < 1.29 is 9.13 Å². The van der Waals surface area contributed by atoms with Crippen molar-refractivity contribution in [2.75, 3.05) is 0 Å². The van der Waals surface area contributed by atoms with Gasteiger partial charge in [-0.15, -0.1) is 9.13 Å². The van der Waals surface area contributed by atoms with Crippen molar-refractivity contribution in [3.8, 4) is 33.6 Å². The third-order valence-electron chi connectivity index (χ3n) is 7.61. The maximum Gasteiger partial charge on any atom is 0.393 e. The fraction of sp³-hybridized carbons (Fsp3) is 0.125. The molecule has 1 atom stereocenters. The van der Waals surface area contributed by atoms with E-state index in [2.05, 4.69) is 132 Å². The summed E-state index contributed by atoms with van der Waals surface area (Å²) in [5.74, 6) is 0. The Bertz CT molecular complexity index is 1600. The molecule has 3 aromatic carbocycles. The zero-order valence-electron chi connectivity index (χ0n) is 19.5. The SMILES string of the molecule is Cc1ccc2[n+](c1)C1(Cc3cc(-c4ccccc4)ccc3-2)c2ccccc2-c2cccc(C)[n+]21. The maximum absolute atomic E-state index is 2.57. The van der Waals surface area contributed by atoms with Crippen LogP contribution in [-0.4, -0.2) is 0 Å². The van der Waals surface area contributed by atoms with Gasteiger partial charge < -0.3 is 0 Å². The number of benzene rings is 3. The molecule has 2 aromatic heterocycles. The summed E-state index contributed by atoms with van der Waals surface area (Å²) in [6.07, 6.45) is 3.25. The summed E-state index contributed by atoms with van der Waals surface area (Å²) in [7, 11) is 0. The van der Waals surface area contributed by atoms with E-state index in [1.165, 1.54) is 56.0 Å². The quantitative estimate of drug-likeness (QED) is 0.284. The number of rotatable bonds is 1. The number of pyridine rings is 2. The lowest BCUT2D eigenvalue weighted by Crippen LogP contribution is -2.76. The van der Waals surface area contributed by atoms with Crippen LogP contribution in [0.2, 0.25) is 0 Å². The van der Waals surface area contributed by atoms with Crippen LogP contribution < -0.4 is 9.13 Å². The summed E-state index contributed by atoms with van der Waals surface area (Å²) in [4.78, 5) is 0. The lowest BCUT2D eigenvalue weighted by atomic mass is 9.82. The van der Waals surface area contributed by atoms with Crippen LogP contribution in [-0.2, 0) is 12.1 Å². The van der Waals surface area contributed by atoms with Crippen LogP contribution in [0.25, 0.3) is 33.6 Å². The summed E-state index contributed by atoms with van der Waals surface area (Å²) in [5.41, 5.74) is 12.7. The van der Waals surface area contributed by atoms with Crippen LogP contribution in [0.4, 0.5) is 0 Å². The largest absolute Gasteiger partial charge is 0.393 e. The number of hydrogen-bond donors (Lipinski definition) is 0. The Morgan fingerprint density at radius 2 is 1.47 bits per heavy atom. The first-order chi connectivity index (χ1) is 16.7. The standard InChI is InChI=1S/C32H26N2/c1-22-15-18-30-27-17-16-25(24-10-4-3-5-11-24)19-26(27)20-32(33(30)21-22)29-13-7-6-12-28(29)31-14-8-9-23(2)34(31)32/h3-19,21H,20H2,1-2H3/q+2. The van der Waals surface area contributed by atoms with E-state index < -0.39 is 0 Å². The highest BCUT2D eigenvalue weighted by molar-refractivity contribution is 5.73. The van der Waals surface area contributed by atoms with E-state index in [1.807, 2.05) is 0 Å². The highest BCUT2D eigenvalue weighted by Gasteiger charge is 2.63. The van der Waals surface area contributed by atoms with Gasteiger partial charge in [-0.05, 0) is 60.0 Å². The van der Waals surface area contributed by atoms with E-state index in [0.29, 0.717) is 0 Å². The van der Waals surface area contributed by atoms with Crippen LogP contribution >= 0.6 is 0 Å². The molecular formula is C32H26N2+2. The van der Waals surface area contributed by atoms with E-state index >= 15 is 0 Å². The van der Waals surface area contributed by atoms with Gasteiger partial charge in [0, 0.05) is 30.7 Å². The van der Waals surface area contributed by atoms with Crippen LogP contribution in [0, 0.1) is 13.8 Å². The Balaban J connectivity index is 1.58. The summed E-state index contributed by atoms with van der Waals surface area (Å²) in [5, 5.41) is 0. The molecule has 0 N–H and O–H groups in total. The molecule has 0 aliphatic carbocycles. The second kappa shape index (κ2) is 6.98. The average molecular weight is 439 g/mol. The first kappa shape index (κ1) is 19.4. The molecule has 0 bridgehead atoms. The van der Waals surface area contributed by atoms with Crippen molar-refractivity contribution in [2.24, 2.45) is 0 Å². The Kier molecular flexibility index (Phi) is 3.99. The van der Waals surface area contributed by atoms with Crippen LogP contribution in [0.5, 0.6) is 0 Å². The summed E-state index contributed by atoms with van der Waals surface area (Å²) in [6, 6.07) is 37.9. The molecule has 2 heteroatoms. The molecule has 1 unspecified atom stereocenters.